The average molecular weight is 655 g/mol. The molecule has 4 aliphatic heterocycles. The van der Waals surface area contributed by atoms with Crippen molar-refractivity contribution in [1.29, 1.82) is 0 Å². The van der Waals surface area contributed by atoms with E-state index in [1.165, 1.54) is 7.11 Å². The van der Waals surface area contributed by atoms with Crippen LogP contribution in [-0.2, 0) is 14.3 Å². The standard InChI is InChI=1S/C32H37Cl2N7O4/c1-45-32(44)38-14-15-39-24-7-5-6-22(16-24)26(8-3-2-4-12-35-31(43)28(39)19-38)40-13-11-21(17-30(40)42)25-18-23(33)9-10-27(25)41-20-29(34)36-37-41/h5-7,9-10,16-18,20,26,28,36-37H,2-4,8,11-15,19H2,1H3,(H,35,43)/t26-,28+/m0/s1. The lowest BCUT2D eigenvalue weighted by atomic mass is 9.93. The quantitative estimate of drug-likeness (QED) is 0.415. The van der Waals surface area contributed by atoms with Gasteiger partial charge in [-0.2, -0.15) is 0 Å². The van der Waals surface area contributed by atoms with Crippen molar-refractivity contribution in [3.05, 3.63) is 76.0 Å². The lowest BCUT2D eigenvalue weighted by molar-refractivity contribution is -0.129. The van der Waals surface area contributed by atoms with Gasteiger partial charge in [0.05, 0.1) is 31.6 Å². The molecule has 0 aromatic heterocycles. The summed E-state index contributed by atoms with van der Waals surface area (Å²) in [5.74, 6) is -0.156. The van der Waals surface area contributed by atoms with E-state index in [1.807, 2.05) is 35.2 Å². The number of hydrogen-bond acceptors (Lipinski definition) is 8. The summed E-state index contributed by atoms with van der Waals surface area (Å²) in [4.78, 5) is 45.1. The molecule has 4 aliphatic rings. The summed E-state index contributed by atoms with van der Waals surface area (Å²) < 4.78 is 4.94. The minimum Gasteiger partial charge on any atom is -0.453 e. The van der Waals surface area contributed by atoms with Crippen LogP contribution in [0.1, 0.15) is 49.3 Å². The van der Waals surface area contributed by atoms with Gasteiger partial charge in [-0.1, -0.05) is 48.2 Å². The maximum Gasteiger partial charge on any atom is 0.409 e. The Morgan fingerprint density at radius 2 is 1.84 bits per heavy atom. The number of hydrazine groups is 2. The molecule has 0 saturated carbocycles. The number of fused-ring (bicyclic) bond motifs is 4. The normalized spacial score (nSPS) is 22.6. The fourth-order valence-corrected chi connectivity index (χ4v) is 6.88. The number of halogens is 2. The van der Waals surface area contributed by atoms with Gasteiger partial charge >= 0.3 is 6.09 Å². The van der Waals surface area contributed by atoms with Gasteiger partial charge in [-0.3, -0.25) is 20.0 Å². The molecular weight excluding hydrogens is 617 g/mol. The largest absolute Gasteiger partial charge is 0.453 e. The first-order chi connectivity index (χ1) is 21.8. The highest BCUT2D eigenvalue weighted by Crippen LogP contribution is 2.38. The minimum atomic E-state index is -0.550. The fraction of sp³-hybridized carbons (Fsp3) is 0.406. The zero-order chi connectivity index (χ0) is 31.5. The van der Waals surface area contributed by atoms with Gasteiger partial charge < -0.3 is 24.8 Å². The summed E-state index contributed by atoms with van der Waals surface area (Å²) in [5, 5.41) is 5.88. The molecule has 3 amide bonds. The second kappa shape index (κ2) is 13.6. The molecule has 2 aromatic carbocycles. The maximum atomic E-state index is 13.9. The molecule has 3 N–H and O–H groups in total. The Bertz CT molecular complexity index is 1530. The predicted molar refractivity (Wildman–Crippen MR) is 174 cm³/mol. The summed E-state index contributed by atoms with van der Waals surface area (Å²) >= 11 is 12.5. The van der Waals surface area contributed by atoms with Crippen LogP contribution >= 0.6 is 23.2 Å². The van der Waals surface area contributed by atoms with Gasteiger partial charge in [0.1, 0.15) is 11.2 Å². The average Bonchev–Trinajstić information content (AvgIpc) is 3.49. The Hall–Kier alpha value is -3.93. The van der Waals surface area contributed by atoms with Crippen molar-refractivity contribution >= 4 is 58.1 Å². The molecule has 45 heavy (non-hydrogen) atoms. The van der Waals surface area contributed by atoms with Gasteiger partial charge in [-0.15, -0.1) is 5.53 Å². The molecule has 0 aliphatic carbocycles. The Balaban J connectivity index is 1.29. The number of nitrogens with zero attached hydrogens (tertiary/aromatic N) is 4. The van der Waals surface area contributed by atoms with Crippen molar-refractivity contribution in [2.45, 2.75) is 44.2 Å². The highest BCUT2D eigenvalue weighted by molar-refractivity contribution is 6.31. The molecule has 1 saturated heterocycles. The van der Waals surface area contributed by atoms with Crippen LogP contribution in [-0.4, -0.2) is 73.6 Å². The molecule has 238 valence electrons. The van der Waals surface area contributed by atoms with E-state index in [0.717, 1.165) is 53.8 Å². The second-order valence-electron chi connectivity index (χ2n) is 11.6. The molecule has 2 aromatic rings. The Morgan fingerprint density at radius 3 is 2.62 bits per heavy atom. The molecule has 0 spiro atoms. The number of benzene rings is 2. The highest BCUT2D eigenvalue weighted by Gasteiger charge is 2.36. The van der Waals surface area contributed by atoms with Gasteiger partial charge in [-0.25, -0.2) is 4.79 Å². The van der Waals surface area contributed by atoms with E-state index < -0.39 is 12.1 Å². The molecular formula is C32H37Cl2N7O4. The summed E-state index contributed by atoms with van der Waals surface area (Å²) in [6, 6.07) is 13.1. The summed E-state index contributed by atoms with van der Waals surface area (Å²) in [6.07, 6.45) is 7.14. The van der Waals surface area contributed by atoms with Crippen LogP contribution in [0.2, 0.25) is 5.02 Å². The van der Waals surface area contributed by atoms with Crippen LogP contribution in [0.5, 0.6) is 0 Å². The number of nitrogens with one attached hydrogen (secondary N) is 3. The molecule has 11 nitrogen and oxygen atoms in total. The second-order valence-corrected chi connectivity index (χ2v) is 12.4. The lowest BCUT2D eigenvalue weighted by Crippen LogP contribution is -2.60. The maximum absolute atomic E-state index is 13.9. The van der Waals surface area contributed by atoms with Gasteiger partial charge in [0.2, 0.25) is 11.8 Å². The number of rotatable bonds is 3. The third-order valence-electron chi connectivity index (χ3n) is 8.84. The number of carbonyl (C=O) groups is 3. The number of methoxy groups -OCH3 is 1. The predicted octanol–water partition coefficient (Wildman–Crippen LogP) is 4.51. The van der Waals surface area contributed by atoms with Crippen LogP contribution in [0.4, 0.5) is 16.2 Å². The Kier molecular flexibility index (Phi) is 9.39. The zero-order valence-corrected chi connectivity index (χ0v) is 26.6. The van der Waals surface area contributed by atoms with Crippen molar-refractivity contribution in [3.8, 4) is 0 Å². The van der Waals surface area contributed by atoms with Gasteiger partial charge in [0.15, 0.2) is 0 Å². The topological polar surface area (TPSA) is 109 Å². The third kappa shape index (κ3) is 6.70. The van der Waals surface area contributed by atoms with Crippen molar-refractivity contribution in [3.63, 3.8) is 0 Å². The number of carbonyl (C=O) groups excluding carboxylic acids is 3. The van der Waals surface area contributed by atoms with Crippen LogP contribution in [0.3, 0.4) is 0 Å². The number of amides is 3. The Morgan fingerprint density at radius 1 is 0.978 bits per heavy atom. The number of hydrogen-bond donors (Lipinski definition) is 3. The van der Waals surface area contributed by atoms with Crippen LogP contribution in [0.15, 0.2) is 59.9 Å². The first-order valence-corrected chi connectivity index (χ1v) is 16.0. The van der Waals surface area contributed by atoms with E-state index in [2.05, 4.69) is 33.3 Å². The van der Waals surface area contributed by atoms with Gasteiger partial charge in [-0.05, 0) is 60.7 Å². The first-order valence-electron chi connectivity index (χ1n) is 15.3. The van der Waals surface area contributed by atoms with Gasteiger partial charge in [0, 0.05) is 48.5 Å². The monoisotopic (exact) mass is 653 g/mol. The summed E-state index contributed by atoms with van der Waals surface area (Å²) in [6.45, 7) is 2.27. The number of piperazine rings is 1. The molecule has 0 unspecified atom stereocenters. The minimum absolute atomic E-state index is 0.0515. The van der Waals surface area contributed by atoms with Crippen molar-refractivity contribution < 1.29 is 19.1 Å². The van der Waals surface area contributed by atoms with E-state index >= 15 is 0 Å². The highest BCUT2D eigenvalue weighted by atomic mass is 35.5. The molecule has 4 heterocycles. The first kappa shape index (κ1) is 31.1. The van der Waals surface area contributed by atoms with Crippen molar-refractivity contribution in [1.82, 2.24) is 26.1 Å². The lowest BCUT2D eigenvalue weighted by Gasteiger charge is -2.41. The fourth-order valence-electron chi connectivity index (χ4n) is 6.57. The molecule has 6 rings (SSSR count). The van der Waals surface area contributed by atoms with E-state index in [0.29, 0.717) is 42.8 Å². The van der Waals surface area contributed by atoms with Crippen molar-refractivity contribution in [2.75, 3.05) is 49.7 Å². The van der Waals surface area contributed by atoms with E-state index in [4.69, 9.17) is 27.9 Å². The van der Waals surface area contributed by atoms with Crippen LogP contribution < -0.4 is 26.2 Å². The summed E-state index contributed by atoms with van der Waals surface area (Å²) in [5.41, 5.74) is 10.4. The zero-order valence-electron chi connectivity index (χ0n) is 25.1. The molecule has 1 fully saturated rings. The van der Waals surface area contributed by atoms with Crippen LogP contribution in [0.25, 0.3) is 5.57 Å². The van der Waals surface area contributed by atoms with Crippen molar-refractivity contribution in [2.24, 2.45) is 0 Å². The van der Waals surface area contributed by atoms with Crippen LogP contribution in [0, 0.1) is 0 Å². The number of anilines is 2. The van der Waals surface area contributed by atoms with E-state index in [9.17, 15) is 14.4 Å². The molecule has 13 heteroatoms. The molecule has 2 bridgehead atoms. The molecule has 0 radical (unpaired) electrons. The SMILES string of the molecule is COC(=O)N1CCN2c3cccc(c3)[C@@H](N3CCC(c4cc(Cl)ccc4N4C=C(Cl)NN4)=CC3=O)CCCCCNC(=O)[C@H]2C1. The Labute approximate surface area is 272 Å². The summed E-state index contributed by atoms with van der Waals surface area (Å²) in [7, 11) is 1.35. The van der Waals surface area contributed by atoms with E-state index in [-0.39, 0.29) is 24.4 Å². The number of ether oxygens (including phenoxy) is 1. The smallest absolute Gasteiger partial charge is 0.409 e. The van der Waals surface area contributed by atoms with Gasteiger partial charge in [0.25, 0.3) is 0 Å². The van der Waals surface area contributed by atoms with E-state index in [1.54, 1.807) is 22.2 Å². The molecule has 2 atom stereocenters. The third-order valence-corrected chi connectivity index (χ3v) is 9.26.